The standard InChI is InChI=1S/C10H22N2/c1-8-7-9(5-6-11)10(2,3)12(8)4/h8-9H,5-7,11H2,1-4H3. The van der Waals surface area contributed by atoms with Crippen LogP contribution in [0.5, 0.6) is 0 Å². The second-order valence-electron chi connectivity index (χ2n) is 4.62. The molecule has 2 heteroatoms. The van der Waals surface area contributed by atoms with Crippen molar-refractivity contribution in [3.8, 4) is 0 Å². The highest BCUT2D eigenvalue weighted by atomic mass is 15.2. The van der Waals surface area contributed by atoms with E-state index in [1.54, 1.807) is 0 Å². The summed E-state index contributed by atoms with van der Waals surface area (Å²) in [7, 11) is 2.22. The van der Waals surface area contributed by atoms with Crippen LogP contribution >= 0.6 is 0 Å². The predicted molar refractivity (Wildman–Crippen MR) is 53.1 cm³/mol. The van der Waals surface area contributed by atoms with Crippen molar-refractivity contribution in [1.82, 2.24) is 4.90 Å². The first kappa shape index (κ1) is 10.0. The molecule has 2 N–H and O–H groups in total. The summed E-state index contributed by atoms with van der Waals surface area (Å²) in [4.78, 5) is 2.48. The van der Waals surface area contributed by atoms with Crippen molar-refractivity contribution >= 4 is 0 Å². The van der Waals surface area contributed by atoms with Gasteiger partial charge in [0.2, 0.25) is 0 Å². The molecule has 0 saturated carbocycles. The van der Waals surface area contributed by atoms with Crippen LogP contribution in [0, 0.1) is 5.92 Å². The van der Waals surface area contributed by atoms with Gasteiger partial charge < -0.3 is 5.73 Å². The lowest BCUT2D eigenvalue weighted by Crippen LogP contribution is -2.42. The van der Waals surface area contributed by atoms with Gasteiger partial charge in [-0.1, -0.05) is 0 Å². The molecule has 1 heterocycles. The van der Waals surface area contributed by atoms with Crippen molar-refractivity contribution in [1.29, 1.82) is 0 Å². The fraction of sp³-hybridized carbons (Fsp3) is 1.00. The van der Waals surface area contributed by atoms with Crippen LogP contribution < -0.4 is 5.73 Å². The largest absolute Gasteiger partial charge is 0.330 e. The molecule has 1 fully saturated rings. The number of nitrogens with two attached hydrogens (primary N) is 1. The minimum absolute atomic E-state index is 0.346. The van der Waals surface area contributed by atoms with Crippen molar-refractivity contribution in [2.45, 2.75) is 45.2 Å². The number of hydrogen-bond donors (Lipinski definition) is 1. The SMILES string of the molecule is CC1CC(CCN)C(C)(C)N1C. The summed E-state index contributed by atoms with van der Waals surface area (Å²) in [6.07, 6.45) is 2.47. The van der Waals surface area contributed by atoms with Crippen LogP contribution in [0.2, 0.25) is 0 Å². The first-order chi connectivity index (χ1) is 5.50. The first-order valence-corrected chi connectivity index (χ1v) is 4.93. The molecular weight excluding hydrogens is 148 g/mol. The Balaban J connectivity index is 2.66. The van der Waals surface area contributed by atoms with Gasteiger partial charge >= 0.3 is 0 Å². The van der Waals surface area contributed by atoms with Gasteiger partial charge in [-0.2, -0.15) is 0 Å². The Kier molecular flexibility index (Phi) is 2.79. The Morgan fingerprint density at radius 2 is 2.08 bits per heavy atom. The molecule has 1 aliphatic rings. The lowest BCUT2D eigenvalue weighted by Gasteiger charge is -2.34. The van der Waals surface area contributed by atoms with Crippen molar-refractivity contribution in [3.63, 3.8) is 0 Å². The van der Waals surface area contributed by atoms with E-state index in [0.717, 1.165) is 18.5 Å². The summed E-state index contributed by atoms with van der Waals surface area (Å²) in [5.74, 6) is 0.780. The molecule has 2 atom stereocenters. The average Bonchev–Trinajstić information content (AvgIpc) is 2.17. The van der Waals surface area contributed by atoms with Crippen molar-refractivity contribution in [2.75, 3.05) is 13.6 Å². The Labute approximate surface area is 76.1 Å². The van der Waals surface area contributed by atoms with E-state index in [9.17, 15) is 0 Å². The van der Waals surface area contributed by atoms with Crippen LogP contribution in [-0.2, 0) is 0 Å². The number of hydrogen-bond acceptors (Lipinski definition) is 2. The zero-order valence-corrected chi connectivity index (χ0v) is 8.80. The van der Waals surface area contributed by atoms with Gasteiger partial charge in [0.25, 0.3) is 0 Å². The van der Waals surface area contributed by atoms with E-state index >= 15 is 0 Å². The van der Waals surface area contributed by atoms with Crippen LogP contribution in [0.1, 0.15) is 33.6 Å². The van der Waals surface area contributed by atoms with Crippen LogP contribution in [0.15, 0.2) is 0 Å². The highest BCUT2D eigenvalue weighted by molar-refractivity contribution is 4.97. The van der Waals surface area contributed by atoms with Crippen LogP contribution in [0.25, 0.3) is 0 Å². The van der Waals surface area contributed by atoms with E-state index in [-0.39, 0.29) is 0 Å². The van der Waals surface area contributed by atoms with Gasteiger partial charge in [0.1, 0.15) is 0 Å². The molecular formula is C10H22N2. The van der Waals surface area contributed by atoms with Gasteiger partial charge in [-0.25, -0.2) is 0 Å². The molecule has 0 spiro atoms. The van der Waals surface area contributed by atoms with Crippen molar-refractivity contribution in [2.24, 2.45) is 11.7 Å². The third-order valence-electron chi connectivity index (χ3n) is 3.71. The van der Waals surface area contributed by atoms with Gasteiger partial charge in [-0.3, -0.25) is 4.90 Å². The van der Waals surface area contributed by atoms with Crippen LogP contribution in [0.3, 0.4) is 0 Å². The minimum Gasteiger partial charge on any atom is -0.330 e. The highest BCUT2D eigenvalue weighted by Crippen LogP contribution is 2.38. The third-order valence-corrected chi connectivity index (χ3v) is 3.71. The second-order valence-corrected chi connectivity index (χ2v) is 4.62. The molecule has 0 radical (unpaired) electrons. The Bertz CT molecular complexity index is 154. The van der Waals surface area contributed by atoms with Gasteiger partial charge in [-0.15, -0.1) is 0 Å². The smallest absolute Gasteiger partial charge is 0.0182 e. The van der Waals surface area contributed by atoms with E-state index in [1.165, 1.54) is 12.8 Å². The molecule has 0 aromatic carbocycles. The molecule has 2 unspecified atom stereocenters. The summed E-state index contributed by atoms with van der Waals surface area (Å²) < 4.78 is 0. The van der Waals surface area contributed by atoms with Gasteiger partial charge in [0.15, 0.2) is 0 Å². The summed E-state index contributed by atoms with van der Waals surface area (Å²) in [6.45, 7) is 7.79. The van der Waals surface area contributed by atoms with E-state index in [1.807, 2.05) is 0 Å². The molecule has 0 aromatic rings. The first-order valence-electron chi connectivity index (χ1n) is 4.93. The van der Waals surface area contributed by atoms with Crippen molar-refractivity contribution < 1.29 is 0 Å². The molecule has 2 nitrogen and oxygen atoms in total. The summed E-state index contributed by atoms with van der Waals surface area (Å²) in [5, 5.41) is 0. The van der Waals surface area contributed by atoms with Gasteiger partial charge in [-0.05, 0) is 53.1 Å². The second kappa shape index (κ2) is 3.35. The third kappa shape index (κ3) is 1.50. The number of likely N-dealkylation sites (tertiary alicyclic amines) is 1. The Morgan fingerprint density at radius 1 is 1.50 bits per heavy atom. The maximum Gasteiger partial charge on any atom is 0.0182 e. The maximum atomic E-state index is 5.60. The molecule has 0 aromatic heterocycles. The van der Waals surface area contributed by atoms with Gasteiger partial charge in [0, 0.05) is 11.6 Å². The van der Waals surface area contributed by atoms with E-state index in [2.05, 4.69) is 32.7 Å². The minimum atomic E-state index is 0.346. The topological polar surface area (TPSA) is 29.3 Å². The summed E-state index contributed by atoms with van der Waals surface area (Å²) in [6, 6.07) is 0.719. The lowest BCUT2D eigenvalue weighted by atomic mass is 9.86. The quantitative estimate of drug-likeness (QED) is 0.679. The summed E-state index contributed by atoms with van der Waals surface area (Å²) >= 11 is 0. The fourth-order valence-electron chi connectivity index (χ4n) is 2.39. The highest BCUT2D eigenvalue weighted by Gasteiger charge is 2.42. The molecule has 1 aliphatic heterocycles. The van der Waals surface area contributed by atoms with Gasteiger partial charge in [0.05, 0.1) is 0 Å². The molecule has 72 valence electrons. The van der Waals surface area contributed by atoms with Crippen molar-refractivity contribution in [3.05, 3.63) is 0 Å². The number of nitrogens with zero attached hydrogens (tertiary/aromatic N) is 1. The maximum absolute atomic E-state index is 5.60. The normalized spacial score (nSPS) is 35.8. The lowest BCUT2D eigenvalue weighted by molar-refractivity contribution is 0.143. The molecule has 12 heavy (non-hydrogen) atoms. The summed E-state index contributed by atoms with van der Waals surface area (Å²) in [5.41, 5.74) is 5.95. The van der Waals surface area contributed by atoms with Crippen LogP contribution in [-0.4, -0.2) is 30.1 Å². The molecule has 1 saturated heterocycles. The number of rotatable bonds is 2. The zero-order valence-electron chi connectivity index (χ0n) is 8.80. The molecule has 0 aliphatic carbocycles. The fourth-order valence-corrected chi connectivity index (χ4v) is 2.39. The van der Waals surface area contributed by atoms with E-state index < -0.39 is 0 Å². The zero-order chi connectivity index (χ0) is 9.35. The monoisotopic (exact) mass is 170 g/mol. The van der Waals surface area contributed by atoms with E-state index in [0.29, 0.717) is 5.54 Å². The molecule has 0 bridgehead atoms. The molecule has 0 amide bonds. The predicted octanol–water partition coefficient (Wildman–Crippen LogP) is 1.45. The van der Waals surface area contributed by atoms with Crippen LogP contribution in [0.4, 0.5) is 0 Å². The van der Waals surface area contributed by atoms with E-state index in [4.69, 9.17) is 5.73 Å². The Morgan fingerprint density at radius 3 is 2.42 bits per heavy atom. The Hall–Kier alpha value is -0.0800. The molecule has 1 rings (SSSR count). The average molecular weight is 170 g/mol.